The Hall–Kier alpha value is -2.07. The Bertz CT molecular complexity index is 863. The Morgan fingerprint density at radius 1 is 1.00 bits per heavy atom. The van der Waals surface area contributed by atoms with Crippen molar-refractivity contribution in [1.82, 2.24) is 9.97 Å². The topological polar surface area (TPSA) is 25.8 Å². The number of hydrogen-bond donors (Lipinski definition) is 0. The van der Waals surface area contributed by atoms with E-state index < -0.39 is 0 Å². The number of hydrogen-bond acceptors (Lipinski definition) is 2. The SMILES string of the molecule is Cc1ccc(F)cc1-c1nc(Cl)c2ccc(F)c(C)c2n1. The number of benzene rings is 2. The molecule has 0 aliphatic heterocycles. The van der Waals surface area contributed by atoms with Gasteiger partial charge in [-0.1, -0.05) is 17.7 Å². The Labute approximate surface area is 125 Å². The summed E-state index contributed by atoms with van der Waals surface area (Å²) in [6.45, 7) is 3.46. The standard InChI is InChI=1S/C16H11ClF2N2/c1-8-3-4-10(18)7-12(8)16-20-14-9(2)13(19)6-5-11(14)15(17)21-16/h3-7H,1-2H3. The Morgan fingerprint density at radius 3 is 2.52 bits per heavy atom. The van der Waals surface area contributed by atoms with Gasteiger partial charge in [-0.25, -0.2) is 18.7 Å². The summed E-state index contributed by atoms with van der Waals surface area (Å²) in [6.07, 6.45) is 0. The van der Waals surface area contributed by atoms with Gasteiger partial charge in [0, 0.05) is 16.5 Å². The Balaban J connectivity index is 2.34. The molecule has 0 bridgehead atoms. The van der Waals surface area contributed by atoms with Crippen LogP contribution in [0, 0.1) is 25.5 Å². The van der Waals surface area contributed by atoms with Gasteiger partial charge in [-0.05, 0) is 43.7 Å². The first-order chi connectivity index (χ1) is 9.97. The molecule has 0 N–H and O–H groups in total. The van der Waals surface area contributed by atoms with Gasteiger partial charge >= 0.3 is 0 Å². The minimum absolute atomic E-state index is 0.224. The second-order valence-corrected chi connectivity index (χ2v) is 5.22. The number of aromatic nitrogens is 2. The molecule has 0 unspecified atom stereocenters. The lowest BCUT2D eigenvalue weighted by molar-refractivity contribution is 0.620. The summed E-state index contributed by atoms with van der Waals surface area (Å²) in [5, 5.41) is 0.801. The highest BCUT2D eigenvalue weighted by atomic mass is 35.5. The van der Waals surface area contributed by atoms with Gasteiger partial charge < -0.3 is 0 Å². The third kappa shape index (κ3) is 2.36. The molecule has 0 fully saturated rings. The molecule has 0 saturated carbocycles. The van der Waals surface area contributed by atoms with Gasteiger partial charge in [0.25, 0.3) is 0 Å². The van der Waals surface area contributed by atoms with Crippen LogP contribution in [-0.2, 0) is 0 Å². The van der Waals surface area contributed by atoms with Crippen molar-refractivity contribution in [3.05, 3.63) is 58.2 Å². The van der Waals surface area contributed by atoms with Crippen LogP contribution >= 0.6 is 11.6 Å². The molecule has 0 radical (unpaired) electrons. The lowest BCUT2D eigenvalue weighted by Crippen LogP contribution is -1.97. The summed E-state index contributed by atoms with van der Waals surface area (Å²) >= 11 is 6.16. The first-order valence-corrected chi connectivity index (χ1v) is 6.74. The molecule has 2 nitrogen and oxygen atoms in total. The van der Waals surface area contributed by atoms with Gasteiger partial charge in [-0.3, -0.25) is 0 Å². The summed E-state index contributed by atoms with van der Waals surface area (Å²) in [5.74, 6) is -0.455. The zero-order valence-corrected chi connectivity index (χ0v) is 12.2. The zero-order valence-electron chi connectivity index (χ0n) is 11.4. The predicted octanol–water partition coefficient (Wildman–Crippen LogP) is 4.85. The third-order valence-electron chi connectivity index (χ3n) is 3.45. The monoisotopic (exact) mass is 304 g/mol. The average molecular weight is 305 g/mol. The lowest BCUT2D eigenvalue weighted by atomic mass is 10.1. The molecular formula is C16H11ClF2N2. The van der Waals surface area contributed by atoms with E-state index in [-0.39, 0.29) is 16.8 Å². The lowest BCUT2D eigenvalue weighted by Gasteiger charge is -2.09. The highest BCUT2D eigenvalue weighted by Gasteiger charge is 2.13. The van der Waals surface area contributed by atoms with Gasteiger partial charge in [-0.2, -0.15) is 0 Å². The Kier molecular flexibility index (Phi) is 3.33. The van der Waals surface area contributed by atoms with Crippen molar-refractivity contribution < 1.29 is 8.78 Å². The van der Waals surface area contributed by atoms with E-state index in [1.165, 1.54) is 18.2 Å². The molecule has 0 saturated heterocycles. The van der Waals surface area contributed by atoms with E-state index in [2.05, 4.69) is 9.97 Å². The maximum Gasteiger partial charge on any atom is 0.161 e. The smallest absolute Gasteiger partial charge is 0.161 e. The van der Waals surface area contributed by atoms with Crippen LogP contribution in [0.5, 0.6) is 0 Å². The summed E-state index contributed by atoms with van der Waals surface area (Å²) in [6, 6.07) is 7.24. The molecule has 106 valence electrons. The molecule has 0 aliphatic carbocycles. The van der Waals surface area contributed by atoms with Crippen LogP contribution in [-0.4, -0.2) is 9.97 Å². The van der Waals surface area contributed by atoms with E-state index in [1.807, 2.05) is 6.92 Å². The van der Waals surface area contributed by atoms with Gasteiger partial charge in [0.2, 0.25) is 0 Å². The molecule has 0 amide bonds. The van der Waals surface area contributed by atoms with Crippen molar-refractivity contribution in [1.29, 1.82) is 0 Å². The van der Waals surface area contributed by atoms with Crippen molar-refractivity contribution in [3.63, 3.8) is 0 Å². The molecular weight excluding hydrogens is 294 g/mol. The molecule has 21 heavy (non-hydrogen) atoms. The van der Waals surface area contributed by atoms with E-state index in [0.717, 1.165) is 5.56 Å². The minimum Gasteiger partial charge on any atom is -0.227 e. The van der Waals surface area contributed by atoms with Crippen LogP contribution in [0.4, 0.5) is 8.78 Å². The summed E-state index contributed by atoms with van der Waals surface area (Å²) in [5.41, 5.74) is 2.20. The van der Waals surface area contributed by atoms with Crippen LogP contribution in [0.25, 0.3) is 22.3 Å². The molecule has 3 aromatic rings. The molecule has 1 heterocycles. The second-order valence-electron chi connectivity index (χ2n) is 4.87. The summed E-state index contributed by atoms with van der Waals surface area (Å²) in [7, 11) is 0. The number of fused-ring (bicyclic) bond motifs is 1. The first-order valence-electron chi connectivity index (χ1n) is 6.36. The maximum atomic E-state index is 13.7. The van der Waals surface area contributed by atoms with Crippen LogP contribution in [0.1, 0.15) is 11.1 Å². The van der Waals surface area contributed by atoms with Crippen molar-refractivity contribution in [2.45, 2.75) is 13.8 Å². The van der Waals surface area contributed by atoms with E-state index >= 15 is 0 Å². The van der Waals surface area contributed by atoms with Crippen molar-refractivity contribution in [2.75, 3.05) is 0 Å². The summed E-state index contributed by atoms with van der Waals surface area (Å²) < 4.78 is 27.1. The van der Waals surface area contributed by atoms with Gasteiger partial charge in [0.15, 0.2) is 5.82 Å². The van der Waals surface area contributed by atoms with Crippen molar-refractivity contribution in [2.24, 2.45) is 0 Å². The zero-order chi connectivity index (χ0) is 15.1. The third-order valence-corrected chi connectivity index (χ3v) is 3.74. The highest BCUT2D eigenvalue weighted by Crippen LogP contribution is 2.29. The molecule has 1 aromatic heterocycles. The van der Waals surface area contributed by atoms with Crippen LogP contribution in [0.3, 0.4) is 0 Å². The first kappa shape index (κ1) is 13.9. The van der Waals surface area contributed by atoms with E-state index in [0.29, 0.717) is 27.9 Å². The molecule has 0 aliphatic rings. The van der Waals surface area contributed by atoms with E-state index in [1.54, 1.807) is 19.1 Å². The highest BCUT2D eigenvalue weighted by molar-refractivity contribution is 6.34. The Morgan fingerprint density at radius 2 is 1.76 bits per heavy atom. The number of rotatable bonds is 1. The van der Waals surface area contributed by atoms with E-state index in [4.69, 9.17) is 11.6 Å². The molecule has 5 heteroatoms. The molecule has 0 spiro atoms. The van der Waals surface area contributed by atoms with Crippen LogP contribution in [0.2, 0.25) is 5.15 Å². The molecule has 2 aromatic carbocycles. The summed E-state index contributed by atoms with van der Waals surface area (Å²) in [4.78, 5) is 8.58. The van der Waals surface area contributed by atoms with Gasteiger partial charge in [0.1, 0.15) is 16.8 Å². The van der Waals surface area contributed by atoms with Crippen LogP contribution in [0.15, 0.2) is 30.3 Å². The fraction of sp³-hybridized carbons (Fsp3) is 0.125. The van der Waals surface area contributed by atoms with Crippen molar-refractivity contribution in [3.8, 4) is 11.4 Å². The normalized spacial score (nSPS) is 11.1. The minimum atomic E-state index is -0.383. The fourth-order valence-electron chi connectivity index (χ4n) is 2.23. The predicted molar refractivity (Wildman–Crippen MR) is 79.4 cm³/mol. The van der Waals surface area contributed by atoms with Gasteiger partial charge in [0.05, 0.1) is 5.52 Å². The van der Waals surface area contributed by atoms with Gasteiger partial charge in [-0.15, -0.1) is 0 Å². The van der Waals surface area contributed by atoms with Crippen LogP contribution < -0.4 is 0 Å². The largest absolute Gasteiger partial charge is 0.227 e. The van der Waals surface area contributed by atoms with E-state index in [9.17, 15) is 8.78 Å². The number of nitrogens with zero attached hydrogens (tertiary/aromatic N) is 2. The average Bonchev–Trinajstić information content (AvgIpc) is 2.45. The fourth-order valence-corrected chi connectivity index (χ4v) is 2.46. The molecule has 3 rings (SSSR count). The number of aryl methyl sites for hydroxylation is 2. The van der Waals surface area contributed by atoms with Crippen molar-refractivity contribution >= 4 is 22.5 Å². The number of halogens is 3. The molecule has 0 atom stereocenters. The quantitative estimate of drug-likeness (QED) is 0.601. The maximum absolute atomic E-state index is 13.7. The second kappa shape index (κ2) is 5.04.